The molecule has 2 heterocycles. The number of benzene rings is 1. The number of fused-ring (bicyclic) bond motifs is 1. The number of aliphatic carboxylic acids is 1. The summed E-state index contributed by atoms with van der Waals surface area (Å²) >= 11 is 1.42. The number of rotatable bonds is 7. The minimum atomic E-state index is -0.707. The first-order valence-corrected chi connectivity index (χ1v) is 13.8. The van der Waals surface area contributed by atoms with Gasteiger partial charge in [0.1, 0.15) is 17.3 Å². The second-order valence-electron chi connectivity index (χ2n) is 10.2. The van der Waals surface area contributed by atoms with Crippen LogP contribution in [0, 0.1) is 11.2 Å². The molecule has 8 heteroatoms. The third-order valence-corrected chi connectivity index (χ3v) is 8.92. The first-order valence-electron chi connectivity index (χ1n) is 13.0. The van der Waals surface area contributed by atoms with Gasteiger partial charge in [0.15, 0.2) is 0 Å². The van der Waals surface area contributed by atoms with Crippen LogP contribution in [0.3, 0.4) is 0 Å². The zero-order chi connectivity index (χ0) is 27.0. The van der Waals surface area contributed by atoms with E-state index in [1.807, 2.05) is 36.4 Å². The summed E-state index contributed by atoms with van der Waals surface area (Å²) in [6, 6.07) is 10.8. The second-order valence-corrected chi connectivity index (χ2v) is 11.2. The molecule has 3 aliphatic rings. The Labute approximate surface area is 229 Å². The number of carbonyl (C=O) groups excluding carboxylic acids is 1. The number of carbonyl (C=O) groups is 2. The zero-order valence-electron chi connectivity index (χ0n) is 21.2. The summed E-state index contributed by atoms with van der Waals surface area (Å²) in [7, 11) is 0. The number of amides is 1. The number of anilines is 1. The molecule has 0 aliphatic heterocycles. The maximum Gasteiger partial charge on any atom is 0.412 e. The Hall–Kier alpha value is -4.04. The fourth-order valence-electron chi connectivity index (χ4n) is 5.36. The van der Waals surface area contributed by atoms with Crippen LogP contribution in [-0.4, -0.2) is 22.2 Å². The Bertz CT molecular complexity index is 1600. The van der Waals surface area contributed by atoms with Crippen LogP contribution >= 0.6 is 11.3 Å². The number of allylic oxidation sites excluding steroid dienone is 7. The van der Waals surface area contributed by atoms with E-state index in [1.165, 1.54) is 34.7 Å². The Morgan fingerprint density at radius 3 is 2.33 bits per heavy atom. The molecule has 198 valence electrons. The number of hydrogen-bond donors (Lipinski definition) is 2. The van der Waals surface area contributed by atoms with Crippen molar-refractivity contribution >= 4 is 44.9 Å². The van der Waals surface area contributed by atoms with Crippen LogP contribution in [0.5, 0.6) is 0 Å². The average molecular weight is 543 g/mol. The van der Waals surface area contributed by atoms with Crippen molar-refractivity contribution in [2.75, 3.05) is 5.32 Å². The normalized spacial score (nSPS) is 18.0. The number of thiophene rings is 1. The molecule has 0 radical (unpaired) electrons. The zero-order valence-corrected chi connectivity index (χ0v) is 22.0. The molecule has 1 amide bonds. The van der Waals surface area contributed by atoms with Crippen LogP contribution in [0.15, 0.2) is 83.6 Å². The number of halogens is 1. The van der Waals surface area contributed by atoms with Crippen molar-refractivity contribution in [2.45, 2.75) is 45.1 Å². The summed E-state index contributed by atoms with van der Waals surface area (Å²) < 4.78 is 19.5. The minimum Gasteiger partial charge on any atom is -0.481 e. The highest BCUT2D eigenvalue weighted by Gasteiger charge is 2.52. The van der Waals surface area contributed by atoms with E-state index in [0.29, 0.717) is 15.9 Å². The Kier molecular flexibility index (Phi) is 6.64. The molecule has 2 N–H and O–H groups in total. The van der Waals surface area contributed by atoms with Crippen molar-refractivity contribution in [2.24, 2.45) is 5.41 Å². The third-order valence-electron chi connectivity index (χ3n) is 7.73. The first-order chi connectivity index (χ1) is 18.9. The molecule has 0 spiro atoms. The lowest BCUT2D eigenvalue weighted by atomic mass is 9.82. The molecule has 39 heavy (non-hydrogen) atoms. The van der Waals surface area contributed by atoms with Crippen molar-refractivity contribution in [3.8, 4) is 0 Å². The molecular weight excluding hydrogens is 515 g/mol. The van der Waals surface area contributed by atoms with Gasteiger partial charge in [-0.05, 0) is 66.9 Å². The predicted octanol–water partition coefficient (Wildman–Crippen LogP) is 7.80. The van der Waals surface area contributed by atoms with Gasteiger partial charge in [0.2, 0.25) is 0 Å². The standard InChI is InChI=1S/C31H27FN2O4S/c32-24-16-25-26(34-30(37)38-18-19-4-2-1-3-5-19)27(39-28(25)33-17-24)22-8-6-20(7-9-22)21-10-12-23(13-11-21)31(14-15-31)29(35)36/h1-6,8,10,12,16-17H,7,9,11,13-15,18H2,(H,34,37)(H,35,36). The van der Waals surface area contributed by atoms with Gasteiger partial charge in [-0.15, -0.1) is 11.3 Å². The minimum absolute atomic E-state index is 0.129. The molecule has 6 nitrogen and oxygen atoms in total. The van der Waals surface area contributed by atoms with Gasteiger partial charge in [0.25, 0.3) is 0 Å². The number of ether oxygens (including phenoxy) is 1. The van der Waals surface area contributed by atoms with Crippen molar-refractivity contribution in [3.63, 3.8) is 0 Å². The maximum atomic E-state index is 14.1. The van der Waals surface area contributed by atoms with Crippen LogP contribution in [0.25, 0.3) is 15.8 Å². The lowest BCUT2D eigenvalue weighted by molar-refractivity contribution is -0.141. The third kappa shape index (κ3) is 5.04. The summed E-state index contributed by atoms with van der Waals surface area (Å²) in [5.74, 6) is -1.18. The van der Waals surface area contributed by atoms with E-state index < -0.39 is 23.3 Å². The second kappa shape index (κ2) is 10.3. The molecular formula is C31H27FN2O4S. The van der Waals surface area contributed by atoms with Gasteiger partial charge in [0, 0.05) is 5.39 Å². The van der Waals surface area contributed by atoms with Gasteiger partial charge < -0.3 is 9.84 Å². The number of hydrogen-bond acceptors (Lipinski definition) is 5. The monoisotopic (exact) mass is 542 g/mol. The molecule has 3 aliphatic carbocycles. The van der Waals surface area contributed by atoms with Gasteiger partial charge in [-0.1, -0.05) is 60.2 Å². The van der Waals surface area contributed by atoms with E-state index >= 15 is 0 Å². The van der Waals surface area contributed by atoms with E-state index in [-0.39, 0.29) is 6.61 Å². The maximum absolute atomic E-state index is 14.1. The van der Waals surface area contributed by atoms with E-state index in [4.69, 9.17) is 4.74 Å². The highest BCUT2D eigenvalue weighted by Crippen LogP contribution is 2.55. The summed E-state index contributed by atoms with van der Waals surface area (Å²) in [6.45, 7) is 0.129. The molecule has 0 unspecified atom stereocenters. The predicted molar refractivity (Wildman–Crippen MR) is 150 cm³/mol. The molecule has 1 saturated carbocycles. The summed E-state index contributed by atoms with van der Waals surface area (Å²) in [4.78, 5) is 30.1. The average Bonchev–Trinajstić information content (AvgIpc) is 3.71. The fourth-order valence-corrected chi connectivity index (χ4v) is 6.50. The SMILES string of the molecule is O=C(Nc1c(C2=CC=C(C3=CC=C(C4(C(=O)O)CC4)CC3)CC2)sc2ncc(F)cc12)OCc1ccccc1. The molecule has 3 aromatic rings. The molecule has 2 aromatic heterocycles. The van der Waals surface area contributed by atoms with Gasteiger partial charge in [0.05, 0.1) is 22.2 Å². The van der Waals surface area contributed by atoms with E-state index in [1.54, 1.807) is 0 Å². The number of carboxylic acid groups (broad SMARTS) is 1. The number of pyridine rings is 1. The van der Waals surface area contributed by atoms with Gasteiger partial charge in [-0.2, -0.15) is 0 Å². The largest absolute Gasteiger partial charge is 0.481 e. The summed E-state index contributed by atoms with van der Waals surface area (Å²) in [5, 5.41) is 13.0. The smallest absolute Gasteiger partial charge is 0.412 e. The quantitative estimate of drug-likeness (QED) is 0.318. The first kappa shape index (κ1) is 25.2. The molecule has 1 aromatic carbocycles. The molecule has 0 bridgehead atoms. The number of nitrogens with zero attached hydrogens (tertiary/aromatic N) is 1. The van der Waals surface area contributed by atoms with Crippen LogP contribution in [0.2, 0.25) is 0 Å². The van der Waals surface area contributed by atoms with Crippen LogP contribution in [0.4, 0.5) is 14.9 Å². The number of carboxylic acids is 1. The summed E-state index contributed by atoms with van der Waals surface area (Å²) in [5.41, 5.74) is 5.29. The lowest BCUT2D eigenvalue weighted by Crippen LogP contribution is -2.18. The summed E-state index contributed by atoms with van der Waals surface area (Å²) in [6.07, 6.45) is 13.5. The van der Waals surface area contributed by atoms with Gasteiger partial charge >= 0.3 is 12.1 Å². The van der Waals surface area contributed by atoms with Crippen molar-refractivity contribution in [3.05, 3.63) is 99.9 Å². The highest BCUT2D eigenvalue weighted by atomic mass is 32.1. The molecule has 0 atom stereocenters. The fraction of sp³-hybridized carbons (Fsp3) is 0.258. The molecule has 1 fully saturated rings. The highest BCUT2D eigenvalue weighted by molar-refractivity contribution is 7.20. The van der Waals surface area contributed by atoms with Crippen molar-refractivity contribution in [1.29, 1.82) is 0 Å². The Morgan fingerprint density at radius 2 is 1.69 bits per heavy atom. The number of nitrogens with one attached hydrogen (secondary N) is 1. The van der Waals surface area contributed by atoms with Gasteiger partial charge in [-0.25, -0.2) is 14.2 Å². The van der Waals surface area contributed by atoms with Crippen LogP contribution in [0.1, 0.15) is 49.0 Å². The van der Waals surface area contributed by atoms with Crippen LogP contribution in [-0.2, 0) is 16.1 Å². The van der Waals surface area contributed by atoms with E-state index in [9.17, 15) is 19.1 Å². The number of aromatic nitrogens is 1. The van der Waals surface area contributed by atoms with Crippen molar-refractivity contribution < 1.29 is 23.8 Å². The molecule has 6 rings (SSSR count). The van der Waals surface area contributed by atoms with Gasteiger partial charge in [-0.3, -0.25) is 10.1 Å². The van der Waals surface area contributed by atoms with E-state index in [0.717, 1.165) is 60.1 Å². The van der Waals surface area contributed by atoms with Crippen molar-refractivity contribution in [1.82, 2.24) is 4.98 Å². The Morgan fingerprint density at radius 1 is 1.00 bits per heavy atom. The topological polar surface area (TPSA) is 88.5 Å². The Balaban J connectivity index is 1.24. The van der Waals surface area contributed by atoms with Crippen LogP contribution < -0.4 is 5.32 Å². The molecule has 0 saturated heterocycles. The lowest BCUT2D eigenvalue weighted by Gasteiger charge is -2.23. The van der Waals surface area contributed by atoms with E-state index in [2.05, 4.69) is 28.5 Å².